The van der Waals surface area contributed by atoms with Crippen LogP contribution < -0.4 is 10.1 Å². The number of carbonyl (C=O) groups is 1. The summed E-state index contributed by atoms with van der Waals surface area (Å²) in [4.78, 5) is 16.8. The summed E-state index contributed by atoms with van der Waals surface area (Å²) in [6.45, 7) is 1.77. The molecule has 140 valence electrons. The number of nitrogens with zero attached hydrogens (tertiary/aromatic N) is 2. The lowest BCUT2D eigenvalue weighted by Crippen LogP contribution is -2.23. The highest BCUT2D eigenvalue weighted by Gasteiger charge is 2.19. The van der Waals surface area contributed by atoms with Gasteiger partial charge in [-0.3, -0.25) is 9.36 Å². The third kappa shape index (κ3) is 4.61. The molecule has 0 spiro atoms. The molecule has 27 heavy (non-hydrogen) atoms. The van der Waals surface area contributed by atoms with Crippen LogP contribution in [0.3, 0.4) is 0 Å². The van der Waals surface area contributed by atoms with Gasteiger partial charge in [-0.25, -0.2) is 9.37 Å². The average Bonchev–Trinajstić information content (AvgIpc) is 3.12. The van der Waals surface area contributed by atoms with Gasteiger partial charge in [0.05, 0.1) is 23.1 Å². The van der Waals surface area contributed by atoms with E-state index in [-0.39, 0.29) is 10.9 Å². The van der Waals surface area contributed by atoms with E-state index in [1.165, 1.54) is 23.9 Å². The van der Waals surface area contributed by atoms with Gasteiger partial charge < -0.3 is 10.1 Å². The molecular formula is C19H17ClFN3O2S. The minimum absolute atomic E-state index is 0.153. The number of halogens is 2. The molecule has 1 atom stereocenters. The summed E-state index contributed by atoms with van der Waals surface area (Å²) in [6.07, 6.45) is 3.50. The Bertz CT molecular complexity index is 946. The molecule has 0 fully saturated rings. The zero-order chi connectivity index (χ0) is 19.4. The van der Waals surface area contributed by atoms with Crippen LogP contribution in [0.15, 0.2) is 60.0 Å². The maximum Gasteiger partial charge on any atom is 0.237 e. The van der Waals surface area contributed by atoms with Gasteiger partial charge in [-0.05, 0) is 49.4 Å². The number of benzene rings is 2. The molecule has 0 aliphatic carbocycles. The molecule has 1 N–H and O–H groups in total. The highest BCUT2D eigenvalue weighted by Crippen LogP contribution is 2.28. The first-order chi connectivity index (χ1) is 13.0. The van der Waals surface area contributed by atoms with E-state index in [2.05, 4.69) is 10.3 Å². The molecule has 1 aromatic heterocycles. The molecule has 0 unspecified atom stereocenters. The van der Waals surface area contributed by atoms with Gasteiger partial charge in [0, 0.05) is 18.1 Å². The Kier molecular flexibility index (Phi) is 6.03. The second kappa shape index (κ2) is 8.45. The molecular weight excluding hydrogens is 389 g/mol. The summed E-state index contributed by atoms with van der Waals surface area (Å²) >= 11 is 7.27. The van der Waals surface area contributed by atoms with Crippen molar-refractivity contribution in [3.63, 3.8) is 0 Å². The lowest BCUT2D eigenvalue weighted by molar-refractivity contribution is -0.115. The second-order valence-corrected chi connectivity index (χ2v) is 7.37. The smallest absolute Gasteiger partial charge is 0.237 e. The zero-order valence-electron chi connectivity index (χ0n) is 14.6. The SMILES string of the molecule is COc1ccc(-n2ccnc2S[C@@H](C)C(=O)Nc2ccc(F)cc2Cl)cc1. The molecule has 5 nitrogen and oxygen atoms in total. The van der Waals surface area contributed by atoms with Crippen LogP contribution in [0.25, 0.3) is 5.69 Å². The van der Waals surface area contributed by atoms with Crippen LogP contribution >= 0.6 is 23.4 Å². The molecule has 2 aromatic carbocycles. The van der Waals surface area contributed by atoms with E-state index in [0.29, 0.717) is 10.8 Å². The third-order valence-corrected chi connectivity index (χ3v) is 5.19. The van der Waals surface area contributed by atoms with Crippen molar-refractivity contribution in [2.45, 2.75) is 17.3 Å². The lowest BCUT2D eigenvalue weighted by Gasteiger charge is -2.14. The number of methoxy groups -OCH3 is 1. The van der Waals surface area contributed by atoms with Crippen molar-refractivity contribution >= 4 is 35.0 Å². The summed E-state index contributed by atoms with van der Waals surface area (Å²) < 4.78 is 20.2. The first-order valence-corrected chi connectivity index (χ1v) is 9.34. The lowest BCUT2D eigenvalue weighted by atomic mass is 10.3. The second-order valence-electron chi connectivity index (χ2n) is 5.65. The fourth-order valence-electron chi connectivity index (χ4n) is 2.35. The molecule has 8 heteroatoms. The number of nitrogens with one attached hydrogen (secondary N) is 1. The summed E-state index contributed by atoms with van der Waals surface area (Å²) in [5.74, 6) is 0.0525. The van der Waals surface area contributed by atoms with Crippen LogP contribution in [0.1, 0.15) is 6.92 Å². The number of amides is 1. The molecule has 0 saturated carbocycles. The van der Waals surface area contributed by atoms with E-state index in [9.17, 15) is 9.18 Å². The van der Waals surface area contributed by atoms with Crippen molar-refractivity contribution in [1.29, 1.82) is 0 Å². The van der Waals surface area contributed by atoms with E-state index in [4.69, 9.17) is 16.3 Å². The summed E-state index contributed by atoms with van der Waals surface area (Å²) in [7, 11) is 1.61. The topological polar surface area (TPSA) is 56.2 Å². The van der Waals surface area contributed by atoms with Crippen molar-refractivity contribution in [3.8, 4) is 11.4 Å². The van der Waals surface area contributed by atoms with E-state index in [1.54, 1.807) is 20.2 Å². The van der Waals surface area contributed by atoms with Crippen molar-refractivity contribution < 1.29 is 13.9 Å². The first kappa shape index (κ1) is 19.3. The Morgan fingerprint density at radius 2 is 2.04 bits per heavy atom. The monoisotopic (exact) mass is 405 g/mol. The summed E-state index contributed by atoms with van der Waals surface area (Å²) in [6, 6.07) is 11.4. The van der Waals surface area contributed by atoms with Crippen LogP contribution in [0.5, 0.6) is 5.75 Å². The number of hydrogen-bond acceptors (Lipinski definition) is 4. The van der Waals surface area contributed by atoms with Gasteiger partial charge in [0.2, 0.25) is 5.91 Å². The van der Waals surface area contributed by atoms with Crippen molar-refractivity contribution in [2.75, 3.05) is 12.4 Å². The largest absolute Gasteiger partial charge is 0.497 e. The number of carbonyl (C=O) groups excluding carboxylic acids is 1. The van der Waals surface area contributed by atoms with Crippen LogP contribution in [0, 0.1) is 5.82 Å². The van der Waals surface area contributed by atoms with E-state index in [0.717, 1.165) is 17.5 Å². The molecule has 1 heterocycles. The van der Waals surface area contributed by atoms with Gasteiger partial charge in [0.1, 0.15) is 11.6 Å². The highest BCUT2D eigenvalue weighted by atomic mass is 35.5. The van der Waals surface area contributed by atoms with Crippen LogP contribution in [-0.4, -0.2) is 27.8 Å². The zero-order valence-corrected chi connectivity index (χ0v) is 16.2. The van der Waals surface area contributed by atoms with Crippen molar-refractivity contribution in [1.82, 2.24) is 9.55 Å². The highest BCUT2D eigenvalue weighted by molar-refractivity contribution is 8.00. The molecule has 3 rings (SSSR count). The Hall–Kier alpha value is -2.51. The molecule has 3 aromatic rings. The van der Waals surface area contributed by atoms with Gasteiger partial charge >= 0.3 is 0 Å². The predicted octanol–water partition coefficient (Wildman–Crippen LogP) is 4.79. The normalized spacial score (nSPS) is 11.9. The van der Waals surface area contributed by atoms with Gasteiger partial charge in [0.25, 0.3) is 0 Å². The molecule has 0 radical (unpaired) electrons. The van der Waals surface area contributed by atoms with E-state index >= 15 is 0 Å². The summed E-state index contributed by atoms with van der Waals surface area (Å²) in [5.41, 5.74) is 1.28. The quantitative estimate of drug-likeness (QED) is 0.599. The number of thioether (sulfide) groups is 1. The maximum atomic E-state index is 13.1. The Morgan fingerprint density at radius 1 is 1.30 bits per heavy atom. The first-order valence-electron chi connectivity index (χ1n) is 8.08. The summed E-state index contributed by atoms with van der Waals surface area (Å²) in [5, 5.41) is 3.10. The van der Waals surface area contributed by atoms with Gasteiger partial charge in [-0.1, -0.05) is 23.4 Å². The standard InChI is InChI=1S/C19H17ClFN3O2S/c1-12(18(25)23-17-8-3-13(21)11-16(17)20)27-19-22-9-10-24(19)14-4-6-15(26-2)7-5-14/h3-12H,1-2H3,(H,23,25)/t12-/m0/s1. The Balaban J connectivity index is 1.71. The molecule has 0 aliphatic heterocycles. The number of imidazole rings is 1. The predicted molar refractivity (Wildman–Crippen MR) is 105 cm³/mol. The molecule has 0 aliphatic rings. The molecule has 0 bridgehead atoms. The Labute approximate surface area is 165 Å². The number of rotatable bonds is 6. The van der Waals surface area contributed by atoms with Gasteiger partial charge in [-0.2, -0.15) is 0 Å². The number of aromatic nitrogens is 2. The number of anilines is 1. The minimum Gasteiger partial charge on any atom is -0.497 e. The maximum absolute atomic E-state index is 13.1. The number of hydrogen-bond donors (Lipinski definition) is 1. The van der Waals surface area contributed by atoms with Gasteiger partial charge in [-0.15, -0.1) is 0 Å². The molecule has 0 saturated heterocycles. The fourth-order valence-corrected chi connectivity index (χ4v) is 3.45. The molecule has 1 amide bonds. The van der Waals surface area contributed by atoms with Crippen molar-refractivity contribution in [2.24, 2.45) is 0 Å². The van der Waals surface area contributed by atoms with Crippen LogP contribution in [0.2, 0.25) is 5.02 Å². The Morgan fingerprint density at radius 3 is 2.70 bits per heavy atom. The van der Waals surface area contributed by atoms with Crippen LogP contribution in [0.4, 0.5) is 10.1 Å². The third-order valence-electron chi connectivity index (χ3n) is 3.80. The van der Waals surface area contributed by atoms with Gasteiger partial charge in [0.15, 0.2) is 5.16 Å². The minimum atomic E-state index is -0.457. The number of ether oxygens (including phenoxy) is 1. The average molecular weight is 406 g/mol. The fraction of sp³-hybridized carbons (Fsp3) is 0.158. The van der Waals surface area contributed by atoms with Crippen LogP contribution in [-0.2, 0) is 4.79 Å². The van der Waals surface area contributed by atoms with E-state index < -0.39 is 11.1 Å². The van der Waals surface area contributed by atoms with E-state index in [1.807, 2.05) is 35.0 Å². The van der Waals surface area contributed by atoms with Crippen molar-refractivity contribution in [3.05, 3.63) is 65.7 Å².